The van der Waals surface area contributed by atoms with Gasteiger partial charge in [-0.3, -0.25) is 4.79 Å². The van der Waals surface area contributed by atoms with Gasteiger partial charge in [0.1, 0.15) is 15.4 Å². The predicted molar refractivity (Wildman–Crippen MR) is 97.9 cm³/mol. The smallest absolute Gasteiger partial charge is 0.151 e. The highest BCUT2D eigenvalue weighted by Gasteiger charge is 2.22. The third-order valence-corrected chi connectivity index (χ3v) is 5.60. The highest BCUT2D eigenvalue weighted by molar-refractivity contribution is 7.87. The molecule has 2 N–H and O–H groups in total. The van der Waals surface area contributed by atoms with Crippen molar-refractivity contribution >= 4 is 15.9 Å². The lowest BCUT2D eigenvalue weighted by atomic mass is 10.0. The van der Waals surface area contributed by atoms with Crippen molar-refractivity contribution in [3.05, 3.63) is 0 Å². The summed E-state index contributed by atoms with van der Waals surface area (Å²) in [5, 5.41) is -1.56. The molecule has 0 spiro atoms. The van der Waals surface area contributed by atoms with Crippen molar-refractivity contribution in [1.82, 2.24) is 0 Å². The zero-order valence-electron chi connectivity index (χ0n) is 15.3. The molecule has 0 aromatic rings. The number of hydrogen-bond donors (Lipinski definition) is 1. The number of nitrogens with two attached hydrogens (primary N) is 1. The summed E-state index contributed by atoms with van der Waals surface area (Å²) in [6.45, 7) is 1.82. The topological polar surface area (TPSA) is 100 Å². The van der Waals surface area contributed by atoms with Gasteiger partial charge in [0, 0.05) is 13.0 Å². The van der Waals surface area contributed by atoms with Gasteiger partial charge in [-0.1, -0.05) is 84.0 Å². The van der Waals surface area contributed by atoms with E-state index in [0.29, 0.717) is 6.42 Å². The number of carbonyl (C=O) groups excluding carboxylic acids is 1. The zero-order valence-corrected chi connectivity index (χ0v) is 16.1. The van der Waals surface area contributed by atoms with Crippen LogP contribution in [0.3, 0.4) is 0 Å². The Morgan fingerprint density at radius 1 is 0.833 bits per heavy atom. The quantitative estimate of drug-likeness (QED) is 0.312. The van der Waals surface area contributed by atoms with E-state index in [4.69, 9.17) is 5.73 Å². The Bertz CT molecular complexity index is 409. The minimum absolute atomic E-state index is 0.140. The molecule has 0 fully saturated rings. The maximum atomic E-state index is 11.7. The van der Waals surface area contributed by atoms with Crippen LogP contribution < -0.4 is 5.73 Å². The molecular formula is C18H36NO4S-. The molecule has 0 heterocycles. The van der Waals surface area contributed by atoms with E-state index in [1.54, 1.807) is 0 Å². The van der Waals surface area contributed by atoms with Crippen LogP contribution in [0.1, 0.15) is 96.8 Å². The van der Waals surface area contributed by atoms with Crippen LogP contribution in [0, 0.1) is 0 Å². The van der Waals surface area contributed by atoms with E-state index in [0.717, 1.165) is 19.3 Å². The fraction of sp³-hybridized carbons (Fsp3) is 0.944. The van der Waals surface area contributed by atoms with Crippen LogP contribution in [0.5, 0.6) is 0 Å². The normalized spacial score (nSPS) is 13.1. The third-order valence-electron chi connectivity index (χ3n) is 4.45. The van der Waals surface area contributed by atoms with E-state index in [9.17, 15) is 17.8 Å². The summed E-state index contributed by atoms with van der Waals surface area (Å²) < 4.78 is 32.6. The van der Waals surface area contributed by atoms with Crippen molar-refractivity contribution in [3.8, 4) is 0 Å². The van der Waals surface area contributed by atoms with Gasteiger partial charge in [0.05, 0.1) is 0 Å². The summed E-state index contributed by atoms with van der Waals surface area (Å²) in [7, 11) is -4.61. The van der Waals surface area contributed by atoms with Gasteiger partial charge in [-0.15, -0.1) is 0 Å². The fourth-order valence-corrected chi connectivity index (χ4v) is 3.56. The summed E-state index contributed by atoms with van der Waals surface area (Å²) in [4.78, 5) is 11.7. The molecule has 144 valence electrons. The standard InChI is InChI=1S/C18H37NO4S/c1-2-3-4-5-6-7-8-9-10-11-12-13-14-15-17(20)18(16-19)24(21,22)23/h18H,2-16,19H2,1H3,(H,21,22,23)/p-1. The largest absolute Gasteiger partial charge is 0.747 e. The predicted octanol–water partition coefficient (Wildman–Crippen LogP) is 3.91. The van der Waals surface area contributed by atoms with E-state index in [-0.39, 0.29) is 6.42 Å². The average Bonchev–Trinajstić information content (AvgIpc) is 2.51. The fourth-order valence-electron chi connectivity index (χ4n) is 2.89. The molecule has 0 radical (unpaired) electrons. The van der Waals surface area contributed by atoms with Gasteiger partial charge in [0.2, 0.25) is 0 Å². The Morgan fingerprint density at radius 3 is 1.54 bits per heavy atom. The molecule has 5 nitrogen and oxygen atoms in total. The molecule has 1 atom stereocenters. The first-order valence-electron chi connectivity index (χ1n) is 9.61. The first-order chi connectivity index (χ1) is 11.4. The number of hydrogen-bond acceptors (Lipinski definition) is 5. The minimum Gasteiger partial charge on any atom is -0.747 e. The van der Waals surface area contributed by atoms with Crippen LogP contribution in [-0.2, 0) is 14.9 Å². The molecule has 6 heteroatoms. The van der Waals surface area contributed by atoms with Crippen molar-refractivity contribution in [1.29, 1.82) is 0 Å². The second-order valence-corrected chi connectivity index (χ2v) is 8.23. The lowest BCUT2D eigenvalue weighted by Gasteiger charge is -2.17. The monoisotopic (exact) mass is 362 g/mol. The van der Waals surface area contributed by atoms with Crippen LogP contribution in [0.15, 0.2) is 0 Å². The maximum Gasteiger partial charge on any atom is 0.151 e. The molecule has 0 aliphatic carbocycles. The third kappa shape index (κ3) is 12.9. The lowest BCUT2D eigenvalue weighted by Crippen LogP contribution is -2.36. The molecule has 0 aromatic heterocycles. The van der Waals surface area contributed by atoms with Crippen molar-refractivity contribution in [3.63, 3.8) is 0 Å². The average molecular weight is 363 g/mol. The molecule has 0 bridgehead atoms. The minimum atomic E-state index is -4.61. The zero-order chi connectivity index (χ0) is 18.3. The Labute approximate surface area is 148 Å². The van der Waals surface area contributed by atoms with Crippen molar-refractivity contribution in [2.75, 3.05) is 6.54 Å². The lowest BCUT2D eigenvalue weighted by molar-refractivity contribution is -0.118. The molecule has 0 amide bonds. The number of Topliss-reactive ketones (excluding diaryl/α,β-unsaturated/α-hetero) is 1. The van der Waals surface area contributed by atoms with Gasteiger partial charge in [0.15, 0.2) is 5.78 Å². The van der Waals surface area contributed by atoms with Gasteiger partial charge < -0.3 is 10.3 Å². The molecule has 0 aliphatic rings. The molecule has 1 unspecified atom stereocenters. The van der Waals surface area contributed by atoms with Crippen molar-refractivity contribution in [2.24, 2.45) is 5.73 Å². The highest BCUT2D eigenvalue weighted by Crippen LogP contribution is 2.13. The van der Waals surface area contributed by atoms with E-state index in [2.05, 4.69) is 6.92 Å². The summed E-state index contributed by atoms with van der Waals surface area (Å²) >= 11 is 0. The van der Waals surface area contributed by atoms with Crippen LogP contribution in [0.2, 0.25) is 0 Å². The van der Waals surface area contributed by atoms with Crippen molar-refractivity contribution < 1.29 is 17.8 Å². The van der Waals surface area contributed by atoms with Gasteiger partial charge in [0.25, 0.3) is 0 Å². The Balaban J connectivity index is 3.44. The van der Waals surface area contributed by atoms with Crippen LogP contribution in [0.25, 0.3) is 0 Å². The number of carbonyl (C=O) groups is 1. The van der Waals surface area contributed by atoms with Gasteiger partial charge in [-0.05, 0) is 6.42 Å². The van der Waals surface area contributed by atoms with E-state index >= 15 is 0 Å². The van der Waals surface area contributed by atoms with Crippen LogP contribution >= 0.6 is 0 Å². The van der Waals surface area contributed by atoms with Gasteiger partial charge >= 0.3 is 0 Å². The number of rotatable bonds is 17. The first kappa shape index (κ1) is 23.5. The van der Waals surface area contributed by atoms with Crippen LogP contribution in [0.4, 0.5) is 0 Å². The maximum absolute atomic E-state index is 11.7. The summed E-state index contributed by atoms with van der Waals surface area (Å²) in [6, 6.07) is 0. The number of unbranched alkanes of at least 4 members (excludes halogenated alkanes) is 12. The molecular weight excluding hydrogens is 326 g/mol. The molecule has 0 aliphatic heterocycles. The molecule has 24 heavy (non-hydrogen) atoms. The summed E-state index contributed by atoms with van der Waals surface area (Å²) in [5.41, 5.74) is 5.20. The Kier molecular flexibility index (Phi) is 14.6. The second-order valence-electron chi connectivity index (χ2n) is 6.68. The first-order valence-corrected chi connectivity index (χ1v) is 11.1. The molecule has 0 saturated heterocycles. The molecule has 0 aromatic carbocycles. The van der Waals surface area contributed by atoms with E-state index in [1.807, 2.05) is 0 Å². The van der Waals surface area contributed by atoms with Crippen molar-refractivity contribution in [2.45, 2.75) is 102 Å². The summed E-state index contributed by atoms with van der Waals surface area (Å²) in [5.74, 6) is -0.532. The molecule has 0 rings (SSSR count). The van der Waals surface area contributed by atoms with E-state index < -0.39 is 27.7 Å². The number of ketones is 1. The van der Waals surface area contributed by atoms with Crippen LogP contribution in [-0.4, -0.2) is 30.5 Å². The highest BCUT2D eigenvalue weighted by atomic mass is 32.2. The Morgan fingerprint density at radius 2 is 1.21 bits per heavy atom. The van der Waals surface area contributed by atoms with E-state index in [1.165, 1.54) is 57.8 Å². The summed E-state index contributed by atoms with van der Waals surface area (Å²) in [6.07, 6.45) is 15.8. The van der Waals surface area contributed by atoms with Gasteiger partial charge in [-0.2, -0.15) is 0 Å². The second kappa shape index (κ2) is 14.8. The van der Waals surface area contributed by atoms with Gasteiger partial charge in [-0.25, -0.2) is 8.42 Å². The Hall–Kier alpha value is -0.460. The molecule has 0 saturated carbocycles. The SMILES string of the molecule is CCCCCCCCCCCCCCCC(=O)C(CN)S(=O)(=O)[O-].